The summed E-state index contributed by atoms with van der Waals surface area (Å²) in [6.45, 7) is 10.6. The molecule has 0 spiro atoms. The van der Waals surface area contributed by atoms with E-state index in [0.29, 0.717) is 24.0 Å². The highest BCUT2D eigenvalue weighted by molar-refractivity contribution is 7.14. The average molecular weight is 456 g/mol. The van der Waals surface area contributed by atoms with Crippen LogP contribution in [0.3, 0.4) is 0 Å². The Labute approximate surface area is 194 Å². The summed E-state index contributed by atoms with van der Waals surface area (Å²) in [6.07, 6.45) is 5.44. The second kappa shape index (κ2) is 10.3. The number of ketones is 1. The fraction of sp³-hybridized carbons (Fsp3) is 0.462. The number of benzene rings is 1. The minimum absolute atomic E-state index is 0.257. The van der Waals surface area contributed by atoms with Crippen molar-refractivity contribution < 1.29 is 19.4 Å². The molecule has 1 aromatic carbocycles. The Bertz CT molecular complexity index is 988. The molecule has 2 N–H and O–H groups in total. The smallest absolute Gasteiger partial charge is 0.285 e. The molecule has 1 aromatic heterocycles. The number of amides is 1. The lowest BCUT2D eigenvalue weighted by atomic mass is 9.74. The van der Waals surface area contributed by atoms with Gasteiger partial charge in [-0.1, -0.05) is 39.5 Å². The van der Waals surface area contributed by atoms with Crippen LogP contribution in [-0.2, 0) is 30.5 Å². The van der Waals surface area contributed by atoms with Crippen molar-refractivity contribution in [3.63, 3.8) is 0 Å². The molecule has 6 heteroatoms. The third kappa shape index (κ3) is 6.00. The van der Waals surface area contributed by atoms with E-state index >= 15 is 0 Å². The number of aliphatic hydroxyl groups is 1. The highest BCUT2D eigenvalue weighted by Gasteiger charge is 2.31. The Morgan fingerprint density at radius 3 is 2.59 bits per heavy atom. The van der Waals surface area contributed by atoms with Crippen molar-refractivity contribution in [1.29, 1.82) is 0 Å². The van der Waals surface area contributed by atoms with E-state index in [1.807, 2.05) is 24.3 Å². The number of thiophene rings is 1. The highest BCUT2D eigenvalue weighted by atomic mass is 32.1. The monoisotopic (exact) mass is 455 g/mol. The minimum Gasteiger partial charge on any atom is -0.503 e. The number of carbonyl (C=O) groups is 2. The second-order valence-corrected chi connectivity index (χ2v) is 10.2. The van der Waals surface area contributed by atoms with E-state index in [2.05, 4.69) is 32.7 Å². The molecule has 5 nitrogen and oxygen atoms in total. The number of fused-ring (bicyclic) bond motifs is 1. The van der Waals surface area contributed by atoms with E-state index in [9.17, 15) is 9.59 Å². The summed E-state index contributed by atoms with van der Waals surface area (Å²) in [6, 6.07) is 7.69. The zero-order chi connectivity index (χ0) is 23.3. The van der Waals surface area contributed by atoms with Crippen LogP contribution in [0.4, 0.5) is 0 Å². The Balaban J connectivity index is 1.53. The van der Waals surface area contributed by atoms with Gasteiger partial charge in [0, 0.05) is 11.3 Å². The molecule has 3 rings (SSSR count). The zero-order valence-electron chi connectivity index (χ0n) is 19.3. The summed E-state index contributed by atoms with van der Waals surface area (Å²) >= 11 is 1.72. The average Bonchev–Trinajstić information content (AvgIpc) is 3.12. The Kier molecular flexibility index (Phi) is 7.77. The first kappa shape index (κ1) is 24.1. The number of aliphatic hydroxyl groups excluding tert-OH is 1. The molecular weight excluding hydrogens is 422 g/mol. The zero-order valence-corrected chi connectivity index (χ0v) is 20.1. The maximum Gasteiger partial charge on any atom is 0.285 e. The van der Waals surface area contributed by atoms with Crippen molar-refractivity contribution in [2.45, 2.75) is 59.3 Å². The normalized spacial score (nSPS) is 14.5. The molecule has 0 atom stereocenters. The van der Waals surface area contributed by atoms with Gasteiger partial charge in [-0.3, -0.25) is 9.59 Å². The van der Waals surface area contributed by atoms with Crippen molar-refractivity contribution in [3.8, 4) is 5.75 Å². The molecular formula is C26H33NO4S. The molecule has 0 radical (unpaired) electrons. The van der Waals surface area contributed by atoms with Gasteiger partial charge in [0.25, 0.3) is 5.91 Å². The molecule has 1 aliphatic rings. The van der Waals surface area contributed by atoms with Crippen LogP contribution >= 0.6 is 11.3 Å². The van der Waals surface area contributed by atoms with Crippen molar-refractivity contribution in [2.24, 2.45) is 5.41 Å². The number of Topliss-reactive ketones (excluding diaryl/α,β-unsaturated/α-hetero) is 1. The first-order valence-electron chi connectivity index (χ1n) is 11.2. The number of hydrogen-bond donors (Lipinski definition) is 2. The van der Waals surface area contributed by atoms with Crippen LogP contribution in [0.2, 0.25) is 0 Å². The fourth-order valence-electron chi connectivity index (χ4n) is 4.12. The standard InChI is InChI=1S/C26H33NO4S/c1-5-23-21-16-26(3,4)13-12-20(21)24(32-23)22(29)11-8-18-6-9-19(10-7-18)31-15-14-27-25(30)17(2)28/h6-7,9-10,28H,2,5,8,11-16H2,1,3-4H3,(H,27,30). The van der Waals surface area contributed by atoms with Gasteiger partial charge >= 0.3 is 0 Å². The van der Waals surface area contributed by atoms with Gasteiger partial charge in [-0.2, -0.15) is 0 Å². The van der Waals surface area contributed by atoms with E-state index in [-0.39, 0.29) is 18.9 Å². The van der Waals surface area contributed by atoms with Crippen molar-refractivity contribution >= 4 is 23.0 Å². The Morgan fingerprint density at radius 1 is 1.22 bits per heavy atom. The summed E-state index contributed by atoms with van der Waals surface area (Å²) in [7, 11) is 0. The van der Waals surface area contributed by atoms with Crippen LogP contribution in [-0.4, -0.2) is 29.9 Å². The molecule has 0 saturated carbocycles. The van der Waals surface area contributed by atoms with E-state index in [4.69, 9.17) is 9.84 Å². The second-order valence-electron chi connectivity index (χ2n) is 9.12. The summed E-state index contributed by atoms with van der Waals surface area (Å²) in [5.74, 6) is -0.163. The van der Waals surface area contributed by atoms with Gasteiger partial charge in [0.15, 0.2) is 11.5 Å². The fourth-order valence-corrected chi connectivity index (χ4v) is 5.40. The van der Waals surface area contributed by atoms with Gasteiger partial charge in [0.2, 0.25) is 0 Å². The quantitative estimate of drug-likeness (QED) is 0.223. The van der Waals surface area contributed by atoms with E-state index in [0.717, 1.165) is 36.1 Å². The molecule has 0 bridgehead atoms. The molecule has 0 unspecified atom stereocenters. The van der Waals surface area contributed by atoms with E-state index in [1.54, 1.807) is 11.3 Å². The lowest BCUT2D eigenvalue weighted by molar-refractivity contribution is -0.120. The lowest BCUT2D eigenvalue weighted by Crippen LogP contribution is -2.28. The number of aryl methyl sites for hydroxylation is 2. The van der Waals surface area contributed by atoms with Gasteiger partial charge < -0.3 is 15.2 Å². The number of rotatable bonds is 10. The van der Waals surface area contributed by atoms with E-state index < -0.39 is 11.7 Å². The van der Waals surface area contributed by atoms with Crippen LogP contribution in [0.25, 0.3) is 0 Å². The van der Waals surface area contributed by atoms with Gasteiger partial charge in [-0.15, -0.1) is 11.3 Å². The van der Waals surface area contributed by atoms with Crippen LogP contribution < -0.4 is 10.1 Å². The van der Waals surface area contributed by atoms with Gasteiger partial charge in [-0.25, -0.2) is 0 Å². The van der Waals surface area contributed by atoms with Crippen molar-refractivity contribution in [1.82, 2.24) is 5.32 Å². The molecule has 1 aliphatic carbocycles. The van der Waals surface area contributed by atoms with Crippen LogP contribution in [0.1, 0.15) is 64.9 Å². The number of nitrogens with one attached hydrogen (secondary N) is 1. The lowest BCUT2D eigenvalue weighted by Gasteiger charge is -2.30. The van der Waals surface area contributed by atoms with Gasteiger partial charge in [0.1, 0.15) is 12.4 Å². The molecule has 1 amide bonds. The molecule has 1 heterocycles. The SMILES string of the molecule is C=C(O)C(=O)NCCOc1ccc(CCC(=O)c2sc(CC)c3c2CCC(C)(C)C3)cc1. The molecule has 0 saturated heterocycles. The molecule has 32 heavy (non-hydrogen) atoms. The number of ether oxygens (including phenoxy) is 1. The summed E-state index contributed by atoms with van der Waals surface area (Å²) < 4.78 is 5.59. The Hall–Kier alpha value is -2.60. The first-order valence-corrected chi connectivity index (χ1v) is 12.1. The highest BCUT2D eigenvalue weighted by Crippen LogP contribution is 2.42. The number of hydrogen-bond acceptors (Lipinski definition) is 5. The first-order chi connectivity index (χ1) is 15.2. The van der Waals surface area contributed by atoms with Gasteiger partial charge in [0.05, 0.1) is 11.4 Å². The maximum atomic E-state index is 13.1. The van der Waals surface area contributed by atoms with Crippen molar-refractivity contribution in [3.05, 3.63) is 63.0 Å². The maximum absolute atomic E-state index is 13.1. The molecule has 2 aromatic rings. The molecule has 0 aliphatic heterocycles. The molecule has 172 valence electrons. The van der Waals surface area contributed by atoms with E-state index in [1.165, 1.54) is 16.0 Å². The topological polar surface area (TPSA) is 75.6 Å². The Morgan fingerprint density at radius 2 is 1.94 bits per heavy atom. The van der Waals surface area contributed by atoms with Crippen LogP contribution in [0.5, 0.6) is 5.75 Å². The summed E-state index contributed by atoms with van der Waals surface area (Å²) in [5.41, 5.74) is 4.17. The number of carbonyl (C=O) groups excluding carboxylic acids is 2. The van der Waals surface area contributed by atoms with Gasteiger partial charge in [-0.05, 0) is 66.3 Å². The summed E-state index contributed by atoms with van der Waals surface area (Å²) in [5, 5.41) is 11.4. The molecule has 0 fully saturated rings. The third-order valence-corrected chi connectivity index (χ3v) is 7.42. The predicted molar refractivity (Wildman–Crippen MR) is 129 cm³/mol. The van der Waals surface area contributed by atoms with Crippen LogP contribution in [0.15, 0.2) is 36.6 Å². The third-order valence-electron chi connectivity index (χ3n) is 5.96. The summed E-state index contributed by atoms with van der Waals surface area (Å²) in [4.78, 5) is 26.6. The predicted octanol–water partition coefficient (Wildman–Crippen LogP) is 5.21. The largest absolute Gasteiger partial charge is 0.503 e. The minimum atomic E-state index is -0.601. The van der Waals surface area contributed by atoms with Crippen LogP contribution in [0, 0.1) is 5.41 Å². The van der Waals surface area contributed by atoms with Crippen molar-refractivity contribution in [2.75, 3.05) is 13.2 Å².